The van der Waals surface area contributed by atoms with E-state index in [0.29, 0.717) is 18.0 Å². The Morgan fingerprint density at radius 1 is 1.40 bits per heavy atom. The second-order valence-corrected chi connectivity index (χ2v) is 7.19. The fraction of sp³-hybridized carbons (Fsp3) is 0.615. The van der Waals surface area contributed by atoms with Crippen molar-refractivity contribution in [3.05, 3.63) is 15.8 Å². The lowest BCUT2D eigenvalue weighted by Gasteiger charge is -2.14. The van der Waals surface area contributed by atoms with E-state index >= 15 is 0 Å². The molecule has 0 saturated heterocycles. The first kappa shape index (κ1) is 17.1. The van der Waals surface area contributed by atoms with Gasteiger partial charge in [-0.2, -0.15) is 0 Å². The molecule has 0 fully saturated rings. The van der Waals surface area contributed by atoms with Crippen LogP contribution in [0.5, 0.6) is 0 Å². The molecule has 0 atom stereocenters. The zero-order chi connectivity index (χ0) is 15.3. The molecule has 1 N–H and O–H groups in total. The summed E-state index contributed by atoms with van der Waals surface area (Å²) in [5, 5.41) is 1.65. The molecule has 20 heavy (non-hydrogen) atoms. The van der Waals surface area contributed by atoms with Crippen LogP contribution in [-0.2, 0) is 14.8 Å². The molecule has 5 nitrogen and oxygen atoms in total. The van der Waals surface area contributed by atoms with E-state index in [1.165, 1.54) is 7.11 Å². The Bertz CT molecular complexity index is 559. The first-order valence-electron chi connectivity index (χ1n) is 6.53. The summed E-state index contributed by atoms with van der Waals surface area (Å²) >= 11 is 1.09. The minimum Gasteiger partial charge on any atom is -0.465 e. The summed E-state index contributed by atoms with van der Waals surface area (Å²) in [5.74, 6) is -0.323. The van der Waals surface area contributed by atoms with Crippen molar-refractivity contribution in [3.63, 3.8) is 0 Å². The van der Waals surface area contributed by atoms with Gasteiger partial charge < -0.3 is 4.74 Å². The van der Waals surface area contributed by atoms with Gasteiger partial charge in [0.25, 0.3) is 0 Å². The van der Waals surface area contributed by atoms with Crippen LogP contribution in [0.15, 0.2) is 10.3 Å². The average Bonchev–Trinajstić information content (AvgIpc) is 2.81. The zero-order valence-corrected chi connectivity index (χ0v) is 13.9. The molecule has 0 aliphatic rings. The highest BCUT2D eigenvalue weighted by Crippen LogP contribution is 2.27. The molecule has 1 heterocycles. The fourth-order valence-corrected chi connectivity index (χ4v) is 4.70. The Balaban J connectivity index is 3.04. The molecule has 0 aliphatic heterocycles. The molecule has 0 saturated carbocycles. The van der Waals surface area contributed by atoms with Crippen LogP contribution in [0.4, 0.5) is 0 Å². The van der Waals surface area contributed by atoms with Crippen molar-refractivity contribution < 1.29 is 17.9 Å². The number of methoxy groups -OCH3 is 1. The summed E-state index contributed by atoms with van der Waals surface area (Å²) in [6.07, 6.45) is 1.82. The normalized spacial score (nSPS) is 11.8. The quantitative estimate of drug-likeness (QED) is 0.784. The van der Waals surface area contributed by atoms with Crippen LogP contribution < -0.4 is 4.72 Å². The van der Waals surface area contributed by atoms with Crippen LogP contribution in [0.3, 0.4) is 0 Å². The lowest BCUT2D eigenvalue weighted by atomic mass is 10.0. The number of esters is 1. The predicted molar refractivity (Wildman–Crippen MR) is 79.7 cm³/mol. The summed E-state index contributed by atoms with van der Waals surface area (Å²) in [6, 6.07) is 0. The molecule has 0 radical (unpaired) electrons. The molecule has 0 spiro atoms. The van der Waals surface area contributed by atoms with Gasteiger partial charge in [-0.25, -0.2) is 17.9 Å². The highest BCUT2D eigenvalue weighted by atomic mass is 32.2. The van der Waals surface area contributed by atoms with Gasteiger partial charge in [-0.15, -0.1) is 11.3 Å². The summed E-state index contributed by atoms with van der Waals surface area (Å²) in [7, 11) is -2.45. The maximum absolute atomic E-state index is 12.4. The van der Waals surface area contributed by atoms with Gasteiger partial charge in [0, 0.05) is 6.54 Å². The van der Waals surface area contributed by atoms with Gasteiger partial charge in [0.05, 0.1) is 7.11 Å². The molecule has 7 heteroatoms. The van der Waals surface area contributed by atoms with Gasteiger partial charge >= 0.3 is 5.97 Å². The molecule has 0 aliphatic carbocycles. The van der Waals surface area contributed by atoms with Gasteiger partial charge in [0.15, 0.2) is 0 Å². The van der Waals surface area contributed by atoms with Crippen molar-refractivity contribution in [2.75, 3.05) is 13.7 Å². The number of nitrogens with one attached hydrogen (secondary N) is 1. The Morgan fingerprint density at radius 3 is 2.50 bits per heavy atom. The molecule has 0 aromatic carbocycles. The van der Waals surface area contributed by atoms with Crippen molar-refractivity contribution in [3.8, 4) is 0 Å². The van der Waals surface area contributed by atoms with E-state index in [-0.39, 0.29) is 9.77 Å². The van der Waals surface area contributed by atoms with Crippen LogP contribution in [0.2, 0.25) is 0 Å². The summed E-state index contributed by atoms with van der Waals surface area (Å²) in [4.78, 5) is 11.8. The van der Waals surface area contributed by atoms with Crippen LogP contribution in [0.1, 0.15) is 41.9 Å². The van der Waals surface area contributed by atoms with Crippen LogP contribution in [0.25, 0.3) is 0 Å². The topological polar surface area (TPSA) is 72.5 Å². The van der Waals surface area contributed by atoms with Crippen molar-refractivity contribution in [2.45, 2.75) is 38.5 Å². The van der Waals surface area contributed by atoms with Crippen molar-refractivity contribution in [2.24, 2.45) is 5.92 Å². The number of hydrogen-bond acceptors (Lipinski definition) is 5. The zero-order valence-electron chi connectivity index (χ0n) is 12.2. The number of sulfonamides is 1. The second kappa shape index (κ2) is 7.19. The highest BCUT2D eigenvalue weighted by Gasteiger charge is 2.27. The first-order valence-corrected chi connectivity index (χ1v) is 8.89. The number of hydrogen-bond donors (Lipinski definition) is 1. The number of carbonyl (C=O) groups is 1. The molecule has 0 bridgehead atoms. The Kier molecular flexibility index (Phi) is 6.16. The number of ether oxygens (including phenoxy) is 1. The Hall–Kier alpha value is -0.920. The van der Waals surface area contributed by atoms with Gasteiger partial charge in [-0.05, 0) is 23.8 Å². The predicted octanol–water partition coefficient (Wildman–Crippen LogP) is 2.56. The highest BCUT2D eigenvalue weighted by molar-refractivity contribution is 7.89. The molecule has 0 amide bonds. The molecule has 1 rings (SSSR count). The van der Waals surface area contributed by atoms with Gasteiger partial charge in [-0.1, -0.05) is 26.7 Å². The van der Waals surface area contributed by atoms with E-state index in [0.717, 1.165) is 24.2 Å². The smallest absolute Gasteiger partial charge is 0.349 e. The van der Waals surface area contributed by atoms with E-state index in [1.807, 2.05) is 13.8 Å². The van der Waals surface area contributed by atoms with E-state index in [4.69, 9.17) is 0 Å². The average molecular weight is 319 g/mol. The third-order valence-electron chi connectivity index (χ3n) is 3.27. The number of carbonyl (C=O) groups excluding carboxylic acids is 1. The summed E-state index contributed by atoms with van der Waals surface area (Å²) in [5.41, 5.74) is 0.562. The minimum atomic E-state index is -3.69. The SMILES string of the molecule is CCC(CC)CNS(=O)(=O)c1c(C)csc1C(=O)OC. The maximum atomic E-state index is 12.4. The number of rotatable bonds is 7. The third kappa shape index (κ3) is 3.80. The summed E-state index contributed by atoms with van der Waals surface area (Å²) < 4.78 is 32.0. The molecule has 1 aromatic rings. The standard InChI is InChI=1S/C13H21NO4S2/c1-5-10(6-2)7-14-20(16,17)12-9(3)8-19-11(12)13(15)18-4/h8,10,14H,5-7H2,1-4H3. The van der Waals surface area contributed by atoms with Crippen molar-refractivity contribution in [1.82, 2.24) is 4.72 Å². The molecule has 114 valence electrons. The molecule has 1 aromatic heterocycles. The van der Waals surface area contributed by atoms with Gasteiger partial charge in [0.2, 0.25) is 10.0 Å². The van der Waals surface area contributed by atoms with Crippen molar-refractivity contribution >= 4 is 27.3 Å². The fourth-order valence-electron chi connectivity index (χ4n) is 1.88. The first-order chi connectivity index (χ1) is 9.37. The Morgan fingerprint density at radius 2 is 2.00 bits per heavy atom. The minimum absolute atomic E-state index is 0.0420. The number of aryl methyl sites for hydroxylation is 1. The molecular formula is C13H21NO4S2. The monoisotopic (exact) mass is 319 g/mol. The van der Waals surface area contributed by atoms with Crippen molar-refractivity contribution in [1.29, 1.82) is 0 Å². The van der Waals surface area contributed by atoms with E-state index < -0.39 is 16.0 Å². The lowest BCUT2D eigenvalue weighted by Crippen LogP contribution is -2.30. The lowest BCUT2D eigenvalue weighted by molar-refractivity contribution is 0.0602. The van der Waals surface area contributed by atoms with E-state index in [2.05, 4.69) is 9.46 Å². The summed E-state index contributed by atoms with van der Waals surface area (Å²) in [6.45, 7) is 6.11. The third-order valence-corrected chi connectivity index (χ3v) is 6.09. The molecular weight excluding hydrogens is 298 g/mol. The second-order valence-electron chi connectivity index (χ2n) is 4.60. The number of thiophene rings is 1. The van der Waals surface area contributed by atoms with Crippen LogP contribution in [0, 0.1) is 12.8 Å². The van der Waals surface area contributed by atoms with Gasteiger partial charge in [-0.3, -0.25) is 0 Å². The van der Waals surface area contributed by atoms with Crippen LogP contribution in [-0.4, -0.2) is 28.0 Å². The van der Waals surface area contributed by atoms with E-state index in [9.17, 15) is 13.2 Å². The van der Waals surface area contributed by atoms with Gasteiger partial charge in [0.1, 0.15) is 9.77 Å². The van der Waals surface area contributed by atoms with Crippen LogP contribution >= 0.6 is 11.3 Å². The Labute approximate surface area is 124 Å². The van der Waals surface area contributed by atoms with E-state index in [1.54, 1.807) is 12.3 Å². The maximum Gasteiger partial charge on any atom is 0.349 e. The largest absolute Gasteiger partial charge is 0.465 e. The molecule has 0 unspecified atom stereocenters.